The lowest BCUT2D eigenvalue weighted by Gasteiger charge is -2.67. The normalized spacial score (nSPS) is 33.0. The summed E-state index contributed by atoms with van der Waals surface area (Å²) in [6.45, 7) is 12.7. The summed E-state index contributed by atoms with van der Waals surface area (Å²) in [5.74, 6) is -4.52. The van der Waals surface area contributed by atoms with Crippen molar-refractivity contribution < 1.29 is 67.3 Å². The number of hydrogen-bond donors (Lipinski definition) is 3. The molecule has 0 aromatic heterocycles. The van der Waals surface area contributed by atoms with Crippen LogP contribution >= 0.6 is 0 Å². The number of ketones is 1. The monoisotopic (exact) mass is 835 g/mol. The number of aliphatic hydroxyl groups excluding tert-OH is 1. The Bertz CT molecular complexity index is 2010. The first-order valence-corrected chi connectivity index (χ1v) is 20.1. The average molecular weight is 836 g/mol. The van der Waals surface area contributed by atoms with Gasteiger partial charge in [-0.3, -0.25) is 9.59 Å². The van der Waals surface area contributed by atoms with E-state index in [0.29, 0.717) is 11.1 Å². The number of carbonyl (C=O) groups excluding carboxylic acids is 5. The Balaban J connectivity index is 1.52. The van der Waals surface area contributed by atoms with Gasteiger partial charge in [0.25, 0.3) is 0 Å². The van der Waals surface area contributed by atoms with Gasteiger partial charge in [0.05, 0.1) is 35.6 Å². The van der Waals surface area contributed by atoms with Crippen molar-refractivity contribution in [3.05, 3.63) is 82.9 Å². The van der Waals surface area contributed by atoms with E-state index in [-0.39, 0.29) is 24.2 Å². The first-order valence-electron chi connectivity index (χ1n) is 20.1. The highest BCUT2D eigenvalue weighted by atomic mass is 16.6. The lowest BCUT2D eigenvalue weighted by molar-refractivity contribution is -0.347. The molecule has 60 heavy (non-hydrogen) atoms. The molecule has 0 unspecified atom stereocenters. The van der Waals surface area contributed by atoms with Crippen LogP contribution in [0.25, 0.3) is 0 Å². The third kappa shape index (κ3) is 7.52. The fourth-order valence-electron chi connectivity index (χ4n) is 10.1. The van der Waals surface area contributed by atoms with E-state index < -0.39 is 112 Å². The molecule has 2 aromatic rings. The second kappa shape index (κ2) is 16.3. The number of aliphatic hydroxyl groups is 2. The number of fused-ring (bicyclic) bond motifs is 5. The fourth-order valence-corrected chi connectivity index (χ4v) is 10.1. The van der Waals surface area contributed by atoms with Crippen LogP contribution in [0, 0.1) is 16.7 Å². The Kier molecular flexibility index (Phi) is 12.2. The number of esters is 3. The van der Waals surface area contributed by atoms with Crippen LogP contribution in [0.2, 0.25) is 0 Å². The molecule has 326 valence electrons. The lowest BCUT2D eigenvalue weighted by atomic mass is 9.44. The SMILES string of the molecule is CO[C@@H]1C(=O)[C@]2(C)[C@@H](OC)C[C@H]3OC[C@@]3(OC(C)=O)[C@H]2[C@H](OC(=O)c2ccccc2)[C@]2(O)C[C@H](OC(=O)[C@H](O)[C@@H](NC(=O)OC(C)(C)C)c3ccccc3)C(C)=C1C2(C)C. The van der Waals surface area contributed by atoms with Gasteiger partial charge >= 0.3 is 24.0 Å². The summed E-state index contributed by atoms with van der Waals surface area (Å²) in [7, 11) is 2.78. The molecule has 2 aromatic carbocycles. The molecular weight excluding hydrogens is 778 g/mol. The second-order valence-electron chi connectivity index (χ2n) is 18.0. The van der Waals surface area contributed by atoms with Gasteiger partial charge in [0.1, 0.15) is 35.6 Å². The van der Waals surface area contributed by atoms with E-state index in [2.05, 4.69) is 5.32 Å². The van der Waals surface area contributed by atoms with E-state index in [0.717, 1.165) is 0 Å². The standard InChI is InChI=1S/C45H57NO14/c1-24-28(57-39(51)33(48)32(26-17-13-11-14-18-26)46-40(52)60-41(3,4)5)22-45(53)37(58-38(50)27-19-15-12-16-20-27)35-43(8,36(49)34(55-10)31(24)42(45,6)7)29(54-9)21-30-44(35,23-56-30)59-25(2)47/h11-20,28-30,32-35,37,48,53H,21-23H2,1-10H3,(H,46,52)/t28-,29-,30+,32-,33+,34-,35-,37-,43+,44-,45+/m0/s1. The third-order valence-electron chi connectivity index (χ3n) is 13.0. The largest absolute Gasteiger partial charge is 0.456 e. The van der Waals surface area contributed by atoms with Crippen LogP contribution in [0.1, 0.15) is 90.2 Å². The highest BCUT2D eigenvalue weighted by Crippen LogP contribution is 2.64. The van der Waals surface area contributed by atoms with Gasteiger partial charge in [-0.25, -0.2) is 14.4 Å². The summed E-state index contributed by atoms with van der Waals surface area (Å²) in [6.07, 6.45) is -9.31. The molecule has 15 heteroatoms. The Labute approximate surface area is 350 Å². The maximum atomic E-state index is 15.5. The van der Waals surface area contributed by atoms with Crippen molar-refractivity contribution in [2.75, 3.05) is 20.8 Å². The van der Waals surface area contributed by atoms with Gasteiger partial charge in [-0.05, 0) is 63.5 Å². The van der Waals surface area contributed by atoms with E-state index >= 15 is 4.79 Å². The maximum Gasteiger partial charge on any atom is 0.408 e. The molecule has 11 atom stereocenters. The van der Waals surface area contributed by atoms with Crippen molar-refractivity contribution in [1.82, 2.24) is 5.32 Å². The number of benzene rings is 2. The zero-order chi connectivity index (χ0) is 44.2. The van der Waals surface area contributed by atoms with Crippen LogP contribution in [0.3, 0.4) is 0 Å². The zero-order valence-electron chi connectivity index (χ0n) is 35.8. The average Bonchev–Trinajstić information content (AvgIpc) is 3.18. The van der Waals surface area contributed by atoms with Gasteiger partial charge in [0.2, 0.25) is 0 Å². The zero-order valence-corrected chi connectivity index (χ0v) is 35.8. The number of amides is 1. The summed E-state index contributed by atoms with van der Waals surface area (Å²) in [4.78, 5) is 70.1. The number of hydrogen-bond acceptors (Lipinski definition) is 14. The fraction of sp³-hybridized carbons (Fsp3) is 0.578. The second-order valence-corrected chi connectivity index (χ2v) is 18.0. The topological polar surface area (TPSA) is 202 Å². The molecule has 0 spiro atoms. The molecule has 3 fully saturated rings. The van der Waals surface area contributed by atoms with Crippen molar-refractivity contribution >= 4 is 29.8 Å². The van der Waals surface area contributed by atoms with Crippen molar-refractivity contribution in [2.45, 2.75) is 128 Å². The lowest BCUT2D eigenvalue weighted by Crippen LogP contribution is -2.82. The number of rotatable bonds is 10. The molecule has 4 aliphatic rings. The van der Waals surface area contributed by atoms with Crippen molar-refractivity contribution in [3.8, 4) is 0 Å². The van der Waals surface area contributed by atoms with Gasteiger partial charge < -0.3 is 48.7 Å². The summed E-state index contributed by atoms with van der Waals surface area (Å²) in [6, 6.07) is 15.1. The molecule has 0 radical (unpaired) electrons. The number of nitrogens with one attached hydrogen (secondary N) is 1. The summed E-state index contributed by atoms with van der Waals surface area (Å²) < 4.78 is 42.4. The predicted octanol–water partition coefficient (Wildman–Crippen LogP) is 4.57. The van der Waals surface area contributed by atoms with Crippen molar-refractivity contribution in [2.24, 2.45) is 16.7 Å². The van der Waals surface area contributed by atoms with Gasteiger partial charge in [-0.1, -0.05) is 62.4 Å². The molecule has 3 aliphatic carbocycles. The molecule has 1 amide bonds. The molecule has 2 bridgehead atoms. The Morgan fingerprint density at radius 1 is 0.933 bits per heavy atom. The van der Waals surface area contributed by atoms with Crippen LogP contribution in [0.5, 0.6) is 0 Å². The van der Waals surface area contributed by atoms with Crippen LogP contribution in [0.4, 0.5) is 4.79 Å². The number of ether oxygens (including phenoxy) is 7. The molecule has 1 saturated heterocycles. The Hall–Kier alpha value is -4.67. The van der Waals surface area contributed by atoms with Crippen LogP contribution < -0.4 is 5.32 Å². The molecule has 1 heterocycles. The van der Waals surface area contributed by atoms with Gasteiger partial charge in [-0.2, -0.15) is 0 Å². The highest BCUT2D eigenvalue weighted by Gasteiger charge is 2.78. The summed E-state index contributed by atoms with van der Waals surface area (Å²) in [5.41, 5.74) is -6.72. The molecule has 15 nitrogen and oxygen atoms in total. The molecule has 1 aliphatic heterocycles. The Morgan fingerprint density at radius 3 is 2.08 bits per heavy atom. The van der Waals surface area contributed by atoms with E-state index in [4.69, 9.17) is 33.2 Å². The number of Topliss-reactive ketones (excluding diaryl/α,β-unsaturated/α-hetero) is 1. The minimum absolute atomic E-state index is 0.121. The number of alkyl carbamates (subject to hydrolysis) is 1. The van der Waals surface area contributed by atoms with Gasteiger partial charge in [0, 0.05) is 39.4 Å². The minimum Gasteiger partial charge on any atom is -0.456 e. The van der Waals surface area contributed by atoms with E-state index in [9.17, 15) is 29.4 Å². The Morgan fingerprint density at radius 2 is 1.55 bits per heavy atom. The van der Waals surface area contributed by atoms with E-state index in [1.165, 1.54) is 21.1 Å². The van der Waals surface area contributed by atoms with Gasteiger partial charge in [-0.15, -0.1) is 0 Å². The van der Waals surface area contributed by atoms with Crippen LogP contribution in [-0.2, 0) is 47.5 Å². The highest BCUT2D eigenvalue weighted by molar-refractivity contribution is 5.94. The van der Waals surface area contributed by atoms with Crippen molar-refractivity contribution in [1.29, 1.82) is 0 Å². The van der Waals surface area contributed by atoms with E-state index in [1.807, 2.05) is 0 Å². The quantitative estimate of drug-likeness (QED) is 0.171. The van der Waals surface area contributed by atoms with E-state index in [1.54, 1.807) is 109 Å². The van der Waals surface area contributed by atoms with Gasteiger partial charge in [0.15, 0.2) is 17.5 Å². The first-order chi connectivity index (χ1) is 28.1. The summed E-state index contributed by atoms with van der Waals surface area (Å²) in [5, 5.41) is 28.0. The van der Waals surface area contributed by atoms with Crippen molar-refractivity contribution in [3.63, 3.8) is 0 Å². The minimum atomic E-state index is -2.22. The molecule has 3 N–H and O–H groups in total. The van der Waals surface area contributed by atoms with Crippen LogP contribution in [-0.4, -0.2) is 114 Å². The smallest absolute Gasteiger partial charge is 0.408 e. The third-order valence-corrected chi connectivity index (χ3v) is 13.0. The molecule has 6 rings (SSSR count). The predicted molar refractivity (Wildman–Crippen MR) is 213 cm³/mol. The van der Waals surface area contributed by atoms with Crippen LogP contribution in [0.15, 0.2) is 71.8 Å². The summed E-state index contributed by atoms with van der Waals surface area (Å²) >= 11 is 0. The maximum absolute atomic E-state index is 15.5. The number of methoxy groups -OCH3 is 2. The molecule has 2 saturated carbocycles. The molecular formula is C45H57NO14. The number of carbonyl (C=O) groups is 5. The first kappa shape index (κ1) is 44.9.